The van der Waals surface area contributed by atoms with Crippen molar-refractivity contribution in [3.8, 4) is 11.4 Å². The molecule has 0 saturated heterocycles. The van der Waals surface area contributed by atoms with Crippen LogP contribution in [0.25, 0.3) is 76.9 Å². The first-order valence-electron chi connectivity index (χ1n) is 22.1. The number of anilines is 6. The largest absolute Gasteiger partial charge is 0.456 e. The smallest absolute Gasteiger partial charge is 0.135 e. The molecule has 3 heterocycles. The standard InChI is InChI=1S/C60H40N4O/c1-5-17-41(18-6-1)61(45-29-33-57-51(37-45)49-25-13-15-27-55(49)63(57)43-21-9-3-10-22-43)47-31-35-59-53(39-47)54-40-48(32-36-60(54)65-59)62(42-19-7-2-8-20-42)46-30-34-58-52(38-46)50-26-14-16-28-56(50)64(58)44-23-11-4-12-24-44/h1-40H. The van der Waals surface area contributed by atoms with Crippen LogP contribution in [0.4, 0.5) is 34.1 Å². The number of nitrogens with zero attached hydrogens (tertiary/aromatic N) is 4. The van der Waals surface area contributed by atoms with Crippen LogP contribution < -0.4 is 9.80 Å². The zero-order valence-corrected chi connectivity index (χ0v) is 35.3. The lowest BCUT2D eigenvalue weighted by molar-refractivity contribution is 0.669. The van der Waals surface area contributed by atoms with E-state index in [1.807, 2.05) is 0 Å². The Morgan fingerprint density at radius 1 is 0.246 bits per heavy atom. The van der Waals surface area contributed by atoms with E-state index in [0.29, 0.717) is 0 Å². The summed E-state index contributed by atoms with van der Waals surface area (Å²) in [5, 5.41) is 6.94. The molecule has 0 unspecified atom stereocenters. The highest BCUT2D eigenvalue weighted by Gasteiger charge is 2.21. The second kappa shape index (κ2) is 14.9. The highest BCUT2D eigenvalue weighted by Crippen LogP contribution is 2.44. The average molecular weight is 833 g/mol. The molecule has 65 heavy (non-hydrogen) atoms. The number of rotatable bonds is 8. The summed E-state index contributed by atoms with van der Waals surface area (Å²) < 4.78 is 11.3. The van der Waals surface area contributed by atoms with Crippen LogP contribution in [0, 0.1) is 0 Å². The molecule has 0 fully saturated rings. The number of furan rings is 1. The molecular weight excluding hydrogens is 793 g/mol. The maximum atomic E-state index is 6.60. The van der Waals surface area contributed by atoms with Crippen LogP contribution in [-0.2, 0) is 0 Å². The third-order valence-electron chi connectivity index (χ3n) is 12.8. The molecule has 5 heteroatoms. The zero-order valence-electron chi connectivity index (χ0n) is 35.3. The van der Waals surface area contributed by atoms with Crippen molar-refractivity contribution < 1.29 is 4.42 Å². The fraction of sp³-hybridized carbons (Fsp3) is 0. The van der Waals surface area contributed by atoms with Crippen molar-refractivity contribution in [3.63, 3.8) is 0 Å². The molecule has 0 amide bonds. The van der Waals surface area contributed by atoms with Gasteiger partial charge in [-0.05, 0) is 133 Å². The SMILES string of the molecule is c1ccc(N(c2ccc3oc4ccc(N(c5ccccc5)c5ccc6c(c5)c5ccccc5n6-c5ccccc5)cc4c3c2)c2ccc3c(c2)c2ccccc2n3-c2ccccc2)cc1. The van der Waals surface area contributed by atoms with Gasteiger partial charge in [-0.1, -0.05) is 109 Å². The number of hydrogen-bond donors (Lipinski definition) is 0. The zero-order chi connectivity index (χ0) is 42.8. The van der Waals surface area contributed by atoms with E-state index >= 15 is 0 Å². The van der Waals surface area contributed by atoms with Gasteiger partial charge in [0.25, 0.3) is 0 Å². The summed E-state index contributed by atoms with van der Waals surface area (Å²) in [6, 6.07) is 86.8. The summed E-state index contributed by atoms with van der Waals surface area (Å²) in [6.07, 6.45) is 0. The number of para-hydroxylation sites is 6. The first kappa shape index (κ1) is 36.8. The Balaban J connectivity index is 0.969. The second-order valence-corrected chi connectivity index (χ2v) is 16.6. The average Bonchev–Trinajstić information content (AvgIpc) is 4.02. The first-order valence-corrected chi connectivity index (χ1v) is 22.1. The van der Waals surface area contributed by atoms with Crippen LogP contribution in [-0.4, -0.2) is 9.13 Å². The number of fused-ring (bicyclic) bond motifs is 9. The van der Waals surface area contributed by atoms with E-state index in [2.05, 4.69) is 262 Å². The quantitative estimate of drug-likeness (QED) is 0.153. The number of benzene rings is 10. The van der Waals surface area contributed by atoms with Crippen molar-refractivity contribution in [2.45, 2.75) is 0 Å². The molecule has 0 N–H and O–H groups in total. The summed E-state index contributed by atoms with van der Waals surface area (Å²) in [7, 11) is 0. The summed E-state index contributed by atoms with van der Waals surface area (Å²) in [5.41, 5.74) is 15.1. The Morgan fingerprint density at radius 3 is 0.985 bits per heavy atom. The Hall–Kier alpha value is -8.80. The Bertz CT molecular complexity index is 3630. The van der Waals surface area contributed by atoms with Gasteiger partial charge in [0.2, 0.25) is 0 Å². The van der Waals surface area contributed by atoms with Gasteiger partial charge in [-0.2, -0.15) is 0 Å². The molecular formula is C60H40N4O. The molecule has 0 bridgehead atoms. The monoisotopic (exact) mass is 832 g/mol. The van der Waals surface area contributed by atoms with Gasteiger partial charge in [-0.3, -0.25) is 0 Å². The Kier molecular flexibility index (Phi) is 8.46. The molecule has 10 aromatic carbocycles. The molecule has 306 valence electrons. The molecule has 0 aliphatic heterocycles. The lowest BCUT2D eigenvalue weighted by atomic mass is 10.1. The molecule has 0 radical (unpaired) electrons. The van der Waals surface area contributed by atoms with Crippen molar-refractivity contribution in [1.29, 1.82) is 0 Å². The van der Waals surface area contributed by atoms with Crippen LogP contribution in [0.1, 0.15) is 0 Å². The summed E-state index contributed by atoms with van der Waals surface area (Å²) >= 11 is 0. The fourth-order valence-electron chi connectivity index (χ4n) is 9.99. The molecule has 0 spiro atoms. The molecule has 0 aliphatic carbocycles. The van der Waals surface area contributed by atoms with Gasteiger partial charge in [0, 0.05) is 77.8 Å². The van der Waals surface area contributed by atoms with Gasteiger partial charge in [-0.15, -0.1) is 0 Å². The van der Waals surface area contributed by atoms with Crippen LogP contribution in [0.15, 0.2) is 247 Å². The predicted molar refractivity (Wildman–Crippen MR) is 272 cm³/mol. The number of aromatic nitrogens is 2. The van der Waals surface area contributed by atoms with Crippen molar-refractivity contribution in [3.05, 3.63) is 243 Å². The number of hydrogen-bond acceptors (Lipinski definition) is 3. The molecule has 3 aromatic heterocycles. The van der Waals surface area contributed by atoms with Gasteiger partial charge in [0.1, 0.15) is 11.2 Å². The summed E-state index contributed by atoms with van der Waals surface area (Å²) in [6.45, 7) is 0. The molecule has 5 nitrogen and oxygen atoms in total. The predicted octanol–water partition coefficient (Wildman–Crippen LogP) is 16.7. The lowest BCUT2D eigenvalue weighted by Gasteiger charge is -2.26. The maximum absolute atomic E-state index is 6.60. The third-order valence-corrected chi connectivity index (χ3v) is 12.8. The molecule has 0 aliphatic rings. The van der Waals surface area contributed by atoms with E-state index in [0.717, 1.165) is 67.4 Å². The van der Waals surface area contributed by atoms with Gasteiger partial charge in [0.05, 0.1) is 22.1 Å². The molecule has 13 aromatic rings. The van der Waals surface area contributed by atoms with E-state index in [4.69, 9.17) is 4.42 Å². The van der Waals surface area contributed by atoms with E-state index < -0.39 is 0 Å². The minimum absolute atomic E-state index is 0.844. The van der Waals surface area contributed by atoms with Crippen molar-refractivity contribution in [1.82, 2.24) is 9.13 Å². The Morgan fingerprint density at radius 2 is 0.569 bits per heavy atom. The maximum Gasteiger partial charge on any atom is 0.135 e. The Labute approximate surface area is 375 Å². The van der Waals surface area contributed by atoms with Crippen LogP contribution in [0.3, 0.4) is 0 Å². The van der Waals surface area contributed by atoms with Crippen LogP contribution >= 0.6 is 0 Å². The van der Waals surface area contributed by atoms with Gasteiger partial charge in [0.15, 0.2) is 0 Å². The molecule has 0 atom stereocenters. The lowest BCUT2D eigenvalue weighted by Crippen LogP contribution is -2.10. The van der Waals surface area contributed by atoms with Crippen molar-refractivity contribution in [2.24, 2.45) is 0 Å². The van der Waals surface area contributed by atoms with Crippen molar-refractivity contribution >= 4 is 99.7 Å². The highest BCUT2D eigenvalue weighted by atomic mass is 16.3. The minimum atomic E-state index is 0.844. The molecule has 13 rings (SSSR count). The fourth-order valence-corrected chi connectivity index (χ4v) is 9.99. The van der Waals surface area contributed by atoms with Crippen molar-refractivity contribution in [2.75, 3.05) is 9.80 Å². The third kappa shape index (κ3) is 6.01. The topological polar surface area (TPSA) is 29.5 Å². The van der Waals surface area contributed by atoms with Gasteiger partial charge in [-0.25, -0.2) is 0 Å². The summed E-state index contributed by atoms with van der Waals surface area (Å²) in [4.78, 5) is 4.71. The molecule has 0 saturated carbocycles. The first-order chi connectivity index (χ1) is 32.2. The van der Waals surface area contributed by atoms with Crippen LogP contribution in [0.5, 0.6) is 0 Å². The van der Waals surface area contributed by atoms with Gasteiger partial charge < -0.3 is 23.4 Å². The van der Waals surface area contributed by atoms with E-state index in [-0.39, 0.29) is 0 Å². The normalized spacial score (nSPS) is 11.7. The van der Waals surface area contributed by atoms with E-state index in [1.165, 1.54) is 43.6 Å². The van der Waals surface area contributed by atoms with E-state index in [9.17, 15) is 0 Å². The van der Waals surface area contributed by atoms with Gasteiger partial charge >= 0.3 is 0 Å². The van der Waals surface area contributed by atoms with E-state index in [1.54, 1.807) is 0 Å². The second-order valence-electron chi connectivity index (χ2n) is 16.6. The van der Waals surface area contributed by atoms with Crippen LogP contribution in [0.2, 0.25) is 0 Å². The minimum Gasteiger partial charge on any atom is -0.456 e. The summed E-state index contributed by atoms with van der Waals surface area (Å²) in [5.74, 6) is 0. The highest BCUT2D eigenvalue weighted by molar-refractivity contribution is 6.13.